The average Bonchev–Trinajstić information content (AvgIpc) is 2.30. The molecule has 3 N–H and O–H groups in total. The van der Waals surface area contributed by atoms with E-state index in [-0.39, 0.29) is 17.4 Å². The van der Waals surface area contributed by atoms with Crippen LogP contribution in [0, 0.1) is 11.3 Å². The zero-order valence-corrected chi connectivity index (χ0v) is 11.5. The van der Waals surface area contributed by atoms with E-state index in [4.69, 9.17) is 5.73 Å². The van der Waals surface area contributed by atoms with E-state index >= 15 is 0 Å². The van der Waals surface area contributed by atoms with Crippen molar-refractivity contribution in [3.63, 3.8) is 0 Å². The topological polar surface area (TPSA) is 55.1 Å². The molecule has 0 aliphatic carbocycles. The van der Waals surface area contributed by atoms with Crippen LogP contribution in [0.1, 0.15) is 53.9 Å². The number of rotatable bonds is 7. The van der Waals surface area contributed by atoms with Crippen LogP contribution in [-0.4, -0.2) is 18.5 Å². The lowest BCUT2D eigenvalue weighted by Gasteiger charge is -2.31. The van der Waals surface area contributed by atoms with Crippen LogP contribution in [0.25, 0.3) is 0 Å². The van der Waals surface area contributed by atoms with E-state index in [0.29, 0.717) is 12.5 Å². The van der Waals surface area contributed by atoms with Crippen molar-refractivity contribution < 1.29 is 4.79 Å². The smallest absolute Gasteiger partial charge is 0.227 e. The fraction of sp³-hybridized carbons (Fsp3) is 0.923. The lowest BCUT2D eigenvalue weighted by Crippen LogP contribution is -2.49. The first-order valence-electron chi connectivity index (χ1n) is 6.48. The van der Waals surface area contributed by atoms with Gasteiger partial charge in [-0.25, -0.2) is 0 Å². The third-order valence-corrected chi connectivity index (χ3v) is 4.08. The van der Waals surface area contributed by atoms with E-state index in [1.54, 1.807) is 0 Å². The first-order valence-corrected chi connectivity index (χ1v) is 6.48. The molecule has 3 heteroatoms. The Kier molecular flexibility index (Phi) is 6.65. The highest BCUT2D eigenvalue weighted by atomic mass is 16.2. The molecule has 0 spiro atoms. The van der Waals surface area contributed by atoms with Gasteiger partial charge in [0.1, 0.15) is 0 Å². The molecule has 2 unspecified atom stereocenters. The first kappa shape index (κ1) is 15.4. The van der Waals surface area contributed by atoms with Crippen LogP contribution in [-0.2, 0) is 4.79 Å². The molecule has 0 fully saturated rings. The molecule has 0 bridgehead atoms. The Hall–Kier alpha value is -0.570. The Labute approximate surface area is 100 Å². The molecule has 2 atom stereocenters. The molecule has 0 heterocycles. The summed E-state index contributed by atoms with van der Waals surface area (Å²) in [4.78, 5) is 12.2. The van der Waals surface area contributed by atoms with Crippen molar-refractivity contribution in [1.29, 1.82) is 0 Å². The molecule has 16 heavy (non-hydrogen) atoms. The fourth-order valence-corrected chi connectivity index (χ4v) is 1.81. The zero-order chi connectivity index (χ0) is 12.8. The average molecular weight is 228 g/mol. The first-order chi connectivity index (χ1) is 7.47. The van der Waals surface area contributed by atoms with Crippen LogP contribution in [0.5, 0.6) is 0 Å². The summed E-state index contributed by atoms with van der Waals surface area (Å²) >= 11 is 0. The minimum atomic E-state index is -0.373. The van der Waals surface area contributed by atoms with Crippen molar-refractivity contribution in [3.8, 4) is 0 Å². The molecule has 0 saturated heterocycles. The van der Waals surface area contributed by atoms with Gasteiger partial charge in [-0.3, -0.25) is 4.79 Å². The number of hydrogen-bond acceptors (Lipinski definition) is 2. The second kappa shape index (κ2) is 6.89. The quantitative estimate of drug-likeness (QED) is 0.702. The molecule has 0 aliphatic rings. The number of carbonyl (C=O) groups is 1. The molecule has 0 saturated carbocycles. The van der Waals surface area contributed by atoms with Crippen molar-refractivity contribution >= 4 is 5.91 Å². The molecule has 3 nitrogen and oxygen atoms in total. The fourth-order valence-electron chi connectivity index (χ4n) is 1.81. The van der Waals surface area contributed by atoms with E-state index in [9.17, 15) is 4.79 Å². The summed E-state index contributed by atoms with van der Waals surface area (Å²) in [5.74, 6) is 0.626. The van der Waals surface area contributed by atoms with Crippen molar-refractivity contribution in [2.24, 2.45) is 17.1 Å². The Morgan fingerprint density at radius 2 is 1.75 bits per heavy atom. The Bertz CT molecular complexity index is 204. The van der Waals surface area contributed by atoms with Crippen molar-refractivity contribution in [1.82, 2.24) is 5.32 Å². The maximum atomic E-state index is 12.2. The monoisotopic (exact) mass is 228 g/mol. The van der Waals surface area contributed by atoms with Gasteiger partial charge in [0.15, 0.2) is 0 Å². The van der Waals surface area contributed by atoms with Crippen LogP contribution in [0.15, 0.2) is 0 Å². The van der Waals surface area contributed by atoms with Crippen molar-refractivity contribution in [2.75, 3.05) is 6.54 Å². The van der Waals surface area contributed by atoms with Crippen LogP contribution >= 0.6 is 0 Å². The van der Waals surface area contributed by atoms with E-state index in [1.165, 1.54) is 0 Å². The van der Waals surface area contributed by atoms with Gasteiger partial charge in [0.2, 0.25) is 5.91 Å². The number of hydrogen-bond donors (Lipinski definition) is 2. The molecular formula is C13H28N2O. The van der Waals surface area contributed by atoms with Gasteiger partial charge >= 0.3 is 0 Å². The molecule has 1 amide bonds. The Morgan fingerprint density at radius 1 is 1.25 bits per heavy atom. The van der Waals surface area contributed by atoms with E-state index < -0.39 is 0 Å². The van der Waals surface area contributed by atoms with Gasteiger partial charge in [-0.15, -0.1) is 0 Å². The van der Waals surface area contributed by atoms with Crippen molar-refractivity contribution in [3.05, 3.63) is 0 Å². The minimum absolute atomic E-state index is 0.118. The summed E-state index contributed by atoms with van der Waals surface area (Å²) in [6, 6.07) is 0.224. The summed E-state index contributed by atoms with van der Waals surface area (Å²) < 4.78 is 0. The van der Waals surface area contributed by atoms with Gasteiger partial charge in [-0.05, 0) is 25.7 Å². The second-order valence-electron chi connectivity index (χ2n) is 4.84. The van der Waals surface area contributed by atoms with Gasteiger partial charge < -0.3 is 11.1 Å². The molecule has 0 rings (SSSR count). The maximum absolute atomic E-state index is 12.2. The molecule has 0 aliphatic heterocycles. The third-order valence-electron chi connectivity index (χ3n) is 4.08. The van der Waals surface area contributed by atoms with E-state index in [0.717, 1.165) is 19.3 Å². The van der Waals surface area contributed by atoms with Crippen LogP contribution in [0.2, 0.25) is 0 Å². The highest BCUT2D eigenvalue weighted by Gasteiger charge is 2.34. The predicted octanol–water partition coefficient (Wildman–Crippen LogP) is 2.30. The van der Waals surface area contributed by atoms with Gasteiger partial charge in [-0.1, -0.05) is 34.1 Å². The summed E-state index contributed by atoms with van der Waals surface area (Å²) in [6.07, 6.45) is 2.69. The third kappa shape index (κ3) is 3.48. The van der Waals surface area contributed by atoms with Crippen LogP contribution in [0.4, 0.5) is 0 Å². The summed E-state index contributed by atoms with van der Waals surface area (Å²) in [5, 5.41) is 3.11. The maximum Gasteiger partial charge on any atom is 0.227 e. The Balaban J connectivity index is 4.54. The number of nitrogens with two attached hydrogens (primary N) is 1. The van der Waals surface area contributed by atoms with Gasteiger partial charge in [0, 0.05) is 12.6 Å². The van der Waals surface area contributed by atoms with Gasteiger partial charge in [0.25, 0.3) is 0 Å². The van der Waals surface area contributed by atoms with Gasteiger partial charge in [-0.2, -0.15) is 0 Å². The molecule has 0 aromatic carbocycles. The van der Waals surface area contributed by atoms with Crippen molar-refractivity contribution in [2.45, 2.75) is 59.9 Å². The summed E-state index contributed by atoms with van der Waals surface area (Å²) in [7, 11) is 0. The van der Waals surface area contributed by atoms with E-state index in [2.05, 4.69) is 26.1 Å². The summed E-state index contributed by atoms with van der Waals surface area (Å²) in [6.45, 7) is 10.9. The predicted molar refractivity (Wildman–Crippen MR) is 69.1 cm³/mol. The lowest BCUT2D eigenvalue weighted by atomic mass is 9.81. The molecule has 0 radical (unpaired) electrons. The number of nitrogens with one attached hydrogen (secondary N) is 1. The minimum Gasteiger partial charge on any atom is -0.353 e. The summed E-state index contributed by atoms with van der Waals surface area (Å²) in [5.41, 5.74) is 5.38. The Morgan fingerprint density at radius 3 is 2.06 bits per heavy atom. The van der Waals surface area contributed by atoms with E-state index in [1.807, 2.05) is 13.8 Å². The second-order valence-corrected chi connectivity index (χ2v) is 4.84. The molecule has 0 aromatic heterocycles. The highest BCUT2D eigenvalue weighted by Crippen LogP contribution is 2.25. The molecule has 0 aromatic rings. The molecular weight excluding hydrogens is 200 g/mol. The number of carbonyl (C=O) groups excluding carboxylic acids is 1. The molecule has 96 valence electrons. The van der Waals surface area contributed by atoms with Crippen LogP contribution in [0.3, 0.4) is 0 Å². The SMILES string of the molecule is CCC(C)C(C)NC(=O)C(CC)(CC)CN. The van der Waals surface area contributed by atoms with Gasteiger partial charge in [0.05, 0.1) is 5.41 Å². The highest BCUT2D eigenvalue weighted by molar-refractivity contribution is 5.83. The van der Waals surface area contributed by atoms with Crippen LogP contribution < -0.4 is 11.1 Å². The standard InChI is InChI=1S/C13H28N2O/c1-6-10(4)11(5)15-12(16)13(7-2,8-3)9-14/h10-11H,6-9,14H2,1-5H3,(H,15,16). The zero-order valence-electron chi connectivity index (χ0n) is 11.5. The number of amides is 1. The normalized spacial score (nSPS) is 15.6. The lowest BCUT2D eigenvalue weighted by molar-refractivity contribution is -0.132. The largest absolute Gasteiger partial charge is 0.353 e.